The third-order valence-electron chi connectivity index (χ3n) is 3.78. The Labute approximate surface area is 127 Å². The minimum absolute atomic E-state index is 0.0854. The van der Waals surface area contributed by atoms with Gasteiger partial charge in [-0.25, -0.2) is 0 Å². The predicted molar refractivity (Wildman–Crippen MR) is 88.5 cm³/mol. The zero-order valence-corrected chi connectivity index (χ0v) is 12.9. The lowest BCUT2D eigenvalue weighted by molar-refractivity contribution is 0.157. The van der Waals surface area contributed by atoms with Crippen LogP contribution >= 0.6 is 0 Å². The monoisotopic (exact) mass is 283 g/mol. The van der Waals surface area contributed by atoms with Crippen LogP contribution in [0.15, 0.2) is 60.7 Å². The quantitative estimate of drug-likeness (QED) is 0.816. The Balaban J connectivity index is 2.11. The van der Waals surface area contributed by atoms with Crippen molar-refractivity contribution in [3.05, 3.63) is 71.8 Å². The van der Waals surface area contributed by atoms with Gasteiger partial charge in [-0.05, 0) is 11.1 Å². The fourth-order valence-corrected chi connectivity index (χ4v) is 2.41. The summed E-state index contributed by atoms with van der Waals surface area (Å²) in [5.74, 6) is 0.335. The van der Waals surface area contributed by atoms with Crippen LogP contribution in [0.2, 0.25) is 0 Å². The van der Waals surface area contributed by atoms with Gasteiger partial charge in [0.25, 0.3) is 0 Å². The van der Waals surface area contributed by atoms with E-state index in [0.29, 0.717) is 5.92 Å². The molecule has 0 aliphatic carbocycles. The van der Waals surface area contributed by atoms with Crippen LogP contribution in [-0.2, 0) is 0 Å². The molecule has 0 amide bonds. The van der Waals surface area contributed by atoms with Crippen molar-refractivity contribution < 1.29 is 5.11 Å². The van der Waals surface area contributed by atoms with Crippen LogP contribution < -0.4 is 5.32 Å². The van der Waals surface area contributed by atoms with E-state index in [9.17, 15) is 5.11 Å². The number of aliphatic hydroxyl groups excluding tert-OH is 1. The van der Waals surface area contributed by atoms with Crippen molar-refractivity contribution in [3.8, 4) is 0 Å². The summed E-state index contributed by atoms with van der Waals surface area (Å²) >= 11 is 0. The van der Waals surface area contributed by atoms with Crippen LogP contribution in [0.1, 0.15) is 30.9 Å². The van der Waals surface area contributed by atoms with Gasteiger partial charge in [0.2, 0.25) is 0 Å². The van der Waals surface area contributed by atoms with E-state index >= 15 is 0 Å². The average molecular weight is 283 g/mol. The van der Waals surface area contributed by atoms with E-state index < -0.39 is 0 Å². The van der Waals surface area contributed by atoms with Gasteiger partial charge in [0, 0.05) is 31.0 Å². The number of hydrogen-bond acceptors (Lipinski definition) is 2. The third-order valence-corrected chi connectivity index (χ3v) is 3.78. The first kappa shape index (κ1) is 15.7. The normalized spacial score (nSPS) is 11.8. The summed E-state index contributed by atoms with van der Waals surface area (Å²) in [6, 6.07) is 21.2. The summed E-state index contributed by atoms with van der Waals surface area (Å²) in [4.78, 5) is 0. The summed E-state index contributed by atoms with van der Waals surface area (Å²) in [5.41, 5.74) is 2.55. The molecular formula is C19H25NO. The lowest BCUT2D eigenvalue weighted by Crippen LogP contribution is -2.34. The number of hydrogen-bond donors (Lipinski definition) is 2. The van der Waals surface area contributed by atoms with Crippen molar-refractivity contribution in [2.45, 2.75) is 19.8 Å². The number of benzene rings is 2. The van der Waals surface area contributed by atoms with Gasteiger partial charge in [0.15, 0.2) is 0 Å². The molecule has 0 aliphatic rings. The molecule has 0 heterocycles. The fraction of sp³-hybridized carbons (Fsp3) is 0.368. The highest BCUT2D eigenvalue weighted by Crippen LogP contribution is 2.24. The van der Waals surface area contributed by atoms with Gasteiger partial charge < -0.3 is 10.4 Å². The Bertz CT molecular complexity index is 482. The first-order valence-corrected chi connectivity index (χ1v) is 7.54. The minimum atomic E-state index is -0.0854. The lowest BCUT2D eigenvalue weighted by Gasteiger charge is -2.25. The van der Waals surface area contributed by atoms with Crippen LogP contribution in [0, 0.1) is 5.41 Å². The van der Waals surface area contributed by atoms with E-state index in [1.54, 1.807) is 0 Å². The topological polar surface area (TPSA) is 32.3 Å². The molecule has 0 atom stereocenters. The predicted octanol–water partition coefficient (Wildman–Crippen LogP) is 3.43. The number of rotatable bonds is 7. The van der Waals surface area contributed by atoms with Crippen LogP contribution in [0.4, 0.5) is 0 Å². The highest BCUT2D eigenvalue weighted by Gasteiger charge is 2.18. The molecule has 2 nitrogen and oxygen atoms in total. The van der Waals surface area contributed by atoms with E-state index in [-0.39, 0.29) is 12.0 Å². The van der Waals surface area contributed by atoms with E-state index in [4.69, 9.17) is 0 Å². The zero-order valence-electron chi connectivity index (χ0n) is 12.9. The van der Waals surface area contributed by atoms with Gasteiger partial charge in [-0.2, -0.15) is 0 Å². The molecule has 0 radical (unpaired) electrons. The molecule has 0 saturated heterocycles. The summed E-state index contributed by atoms with van der Waals surface area (Å²) in [7, 11) is 0. The molecule has 0 saturated carbocycles. The minimum Gasteiger partial charge on any atom is -0.396 e. The maximum Gasteiger partial charge on any atom is 0.0494 e. The van der Waals surface area contributed by atoms with Crippen LogP contribution in [0.3, 0.4) is 0 Å². The molecule has 0 aromatic heterocycles. The molecular weight excluding hydrogens is 258 g/mol. The molecule has 0 bridgehead atoms. The Morgan fingerprint density at radius 3 is 1.81 bits per heavy atom. The van der Waals surface area contributed by atoms with Gasteiger partial charge in [0.1, 0.15) is 0 Å². The molecule has 0 fully saturated rings. The van der Waals surface area contributed by atoms with Crippen molar-refractivity contribution in [3.63, 3.8) is 0 Å². The third kappa shape index (κ3) is 4.69. The SMILES string of the molecule is CC(C)(CO)CNCC(c1ccccc1)c1ccccc1. The molecule has 2 aromatic carbocycles. The second kappa shape index (κ2) is 7.39. The van der Waals surface area contributed by atoms with Crippen molar-refractivity contribution in [2.24, 2.45) is 5.41 Å². The Hall–Kier alpha value is -1.64. The van der Waals surface area contributed by atoms with Crippen LogP contribution in [-0.4, -0.2) is 24.8 Å². The average Bonchev–Trinajstić information content (AvgIpc) is 2.53. The van der Waals surface area contributed by atoms with Gasteiger partial charge >= 0.3 is 0 Å². The maximum absolute atomic E-state index is 9.35. The smallest absolute Gasteiger partial charge is 0.0494 e. The Morgan fingerprint density at radius 1 is 0.905 bits per heavy atom. The molecule has 2 aromatic rings. The van der Waals surface area contributed by atoms with E-state index in [2.05, 4.69) is 67.7 Å². The number of aliphatic hydroxyl groups is 1. The maximum atomic E-state index is 9.35. The number of nitrogens with one attached hydrogen (secondary N) is 1. The van der Waals surface area contributed by atoms with Gasteiger partial charge in [0.05, 0.1) is 0 Å². The molecule has 0 aliphatic heterocycles. The molecule has 2 N–H and O–H groups in total. The Kier molecular flexibility index (Phi) is 5.54. The molecule has 21 heavy (non-hydrogen) atoms. The molecule has 2 heteroatoms. The molecule has 112 valence electrons. The van der Waals surface area contributed by atoms with Crippen LogP contribution in [0.5, 0.6) is 0 Å². The summed E-state index contributed by atoms with van der Waals surface area (Å²) in [6.07, 6.45) is 0. The van der Waals surface area contributed by atoms with Gasteiger partial charge in [-0.3, -0.25) is 0 Å². The largest absolute Gasteiger partial charge is 0.396 e. The summed E-state index contributed by atoms with van der Waals surface area (Å²) in [6.45, 7) is 6.01. The molecule has 2 rings (SSSR count). The molecule has 0 unspecified atom stereocenters. The first-order valence-electron chi connectivity index (χ1n) is 7.54. The van der Waals surface area contributed by atoms with Crippen LogP contribution in [0.25, 0.3) is 0 Å². The standard InChI is InChI=1S/C19H25NO/c1-19(2,15-21)14-20-13-18(16-9-5-3-6-10-16)17-11-7-4-8-12-17/h3-12,18,20-21H,13-15H2,1-2H3. The summed E-state index contributed by atoms with van der Waals surface area (Å²) < 4.78 is 0. The van der Waals surface area contributed by atoms with Crippen molar-refractivity contribution in [1.29, 1.82) is 0 Å². The fourth-order valence-electron chi connectivity index (χ4n) is 2.41. The molecule has 0 spiro atoms. The van der Waals surface area contributed by atoms with Gasteiger partial charge in [-0.15, -0.1) is 0 Å². The lowest BCUT2D eigenvalue weighted by atomic mass is 9.90. The summed E-state index contributed by atoms with van der Waals surface area (Å²) in [5, 5.41) is 12.9. The second-order valence-electron chi connectivity index (χ2n) is 6.33. The zero-order chi connectivity index (χ0) is 15.1. The van der Waals surface area contributed by atoms with E-state index in [1.165, 1.54) is 11.1 Å². The van der Waals surface area contributed by atoms with Crippen molar-refractivity contribution in [2.75, 3.05) is 19.7 Å². The van der Waals surface area contributed by atoms with Crippen molar-refractivity contribution in [1.82, 2.24) is 5.32 Å². The Morgan fingerprint density at radius 2 is 1.38 bits per heavy atom. The highest BCUT2D eigenvalue weighted by atomic mass is 16.3. The van der Waals surface area contributed by atoms with E-state index in [0.717, 1.165) is 13.1 Å². The highest BCUT2D eigenvalue weighted by molar-refractivity contribution is 5.32. The van der Waals surface area contributed by atoms with E-state index in [1.807, 2.05) is 12.1 Å². The second-order valence-corrected chi connectivity index (χ2v) is 6.33. The first-order chi connectivity index (χ1) is 10.1. The van der Waals surface area contributed by atoms with Gasteiger partial charge in [-0.1, -0.05) is 74.5 Å². The van der Waals surface area contributed by atoms with Crippen molar-refractivity contribution >= 4 is 0 Å².